The van der Waals surface area contributed by atoms with Crippen LogP contribution in [0.3, 0.4) is 0 Å². The normalized spacial score (nSPS) is 14.4. The third-order valence-corrected chi connectivity index (χ3v) is 3.43. The summed E-state index contributed by atoms with van der Waals surface area (Å²) < 4.78 is 7.28. The van der Waals surface area contributed by atoms with Crippen molar-refractivity contribution >= 4 is 11.6 Å². The molecule has 3 heterocycles. The first-order valence-corrected chi connectivity index (χ1v) is 6.81. The zero-order valence-corrected chi connectivity index (χ0v) is 11.5. The van der Waals surface area contributed by atoms with Gasteiger partial charge in [-0.15, -0.1) is 0 Å². The Bertz CT molecular complexity index is 596. The van der Waals surface area contributed by atoms with E-state index >= 15 is 0 Å². The van der Waals surface area contributed by atoms with E-state index < -0.39 is 0 Å². The number of halogens is 1. The standard InChI is InChI=1S/C13H15ClN4O/c1-2-4-18-7-9(6-15-18)13-16-11-3-5-19-8-10(11)12(14)17-13/h6-7H,2-5,8H2,1H3. The van der Waals surface area contributed by atoms with Gasteiger partial charge in [-0.25, -0.2) is 9.97 Å². The molecular formula is C13H15ClN4O. The molecule has 3 rings (SSSR count). The number of hydrogen-bond acceptors (Lipinski definition) is 4. The summed E-state index contributed by atoms with van der Waals surface area (Å²) in [5.41, 5.74) is 2.81. The molecule has 0 aliphatic carbocycles. The highest BCUT2D eigenvalue weighted by molar-refractivity contribution is 6.30. The van der Waals surface area contributed by atoms with E-state index in [0.29, 0.717) is 24.2 Å². The van der Waals surface area contributed by atoms with Crippen molar-refractivity contribution in [2.75, 3.05) is 6.61 Å². The quantitative estimate of drug-likeness (QED) is 0.810. The molecule has 5 nitrogen and oxygen atoms in total. The first-order valence-electron chi connectivity index (χ1n) is 6.43. The third-order valence-electron chi connectivity index (χ3n) is 3.12. The highest BCUT2D eigenvalue weighted by Gasteiger charge is 2.18. The Balaban J connectivity index is 1.97. The van der Waals surface area contributed by atoms with Crippen molar-refractivity contribution in [1.82, 2.24) is 19.7 Å². The lowest BCUT2D eigenvalue weighted by molar-refractivity contribution is 0.109. The monoisotopic (exact) mass is 278 g/mol. The highest BCUT2D eigenvalue weighted by atomic mass is 35.5. The fourth-order valence-electron chi connectivity index (χ4n) is 2.15. The number of nitrogens with zero attached hydrogens (tertiary/aromatic N) is 4. The Hall–Kier alpha value is -1.46. The summed E-state index contributed by atoms with van der Waals surface area (Å²) in [6.07, 6.45) is 5.58. The Morgan fingerprint density at radius 2 is 2.32 bits per heavy atom. The summed E-state index contributed by atoms with van der Waals surface area (Å²) in [6.45, 7) is 4.21. The van der Waals surface area contributed by atoms with Gasteiger partial charge in [-0.3, -0.25) is 4.68 Å². The summed E-state index contributed by atoms with van der Waals surface area (Å²) in [7, 11) is 0. The number of ether oxygens (including phenoxy) is 1. The Morgan fingerprint density at radius 1 is 1.42 bits per heavy atom. The Morgan fingerprint density at radius 3 is 3.16 bits per heavy atom. The van der Waals surface area contributed by atoms with Gasteiger partial charge in [-0.05, 0) is 6.42 Å². The van der Waals surface area contributed by atoms with E-state index in [4.69, 9.17) is 16.3 Å². The largest absolute Gasteiger partial charge is 0.376 e. The van der Waals surface area contributed by atoms with Crippen LogP contribution in [0.1, 0.15) is 24.6 Å². The molecule has 0 bridgehead atoms. The maximum Gasteiger partial charge on any atom is 0.164 e. The molecule has 19 heavy (non-hydrogen) atoms. The lowest BCUT2D eigenvalue weighted by Gasteiger charge is -2.16. The maximum atomic E-state index is 6.21. The maximum absolute atomic E-state index is 6.21. The molecule has 0 N–H and O–H groups in total. The summed E-state index contributed by atoms with van der Waals surface area (Å²) >= 11 is 6.21. The molecule has 0 atom stereocenters. The van der Waals surface area contributed by atoms with E-state index in [2.05, 4.69) is 22.0 Å². The minimum Gasteiger partial charge on any atom is -0.376 e. The van der Waals surface area contributed by atoms with Crippen molar-refractivity contribution < 1.29 is 4.74 Å². The zero-order chi connectivity index (χ0) is 13.2. The molecule has 0 unspecified atom stereocenters. The van der Waals surface area contributed by atoms with Gasteiger partial charge in [0, 0.05) is 24.7 Å². The molecule has 1 aliphatic rings. The van der Waals surface area contributed by atoms with E-state index in [1.165, 1.54) is 0 Å². The smallest absolute Gasteiger partial charge is 0.164 e. The van der Waals surface area contributed by atoms with Crippen LogP contribution in [-0.4, -0.2) is 26.4 Å². The van der Waals surface area contributed by atoms with E-state index in [1.807, 2.05) is 10.9 Å². The van der Waals surface area contributed by atoms with E-state index in [9.17, 15) is 0 Å². The van der Waals surface area contributed by atoms with Crippen LogP contribution in [0.5, 0.6) is 0 Å². The van der Waals surface area contributed by atoms with Gasteiger partial charge in [0.2, 0.25) is 0 Å². The fourth-order valence-corrected chi connectivity index (χ4v) is 2.40. The third kappa shape index (κ3) is 2.48. The number of hydrogen-bond donors (Lipinski definition) is 0. The van der Waals surface area contributed by atoms with E-state index in [0.717, 1.165) is 36.2 Å². The molecule has 6 heteroatoms. The molecule has 0 fully saturated rings. The summed E-state index contributed by atoms with van der Waals surface area (Å²) in [5.74, 6) is 0.646. The predicted octanol–water partition coefficient (Wildman–Crippen LogP) is 2.48. The predicted molar refractivity (Wildman–Crippen MR) is 71.9 cm³/mol. The SMILES string of the molecule is CCCn1cc(-c2nc(Cl)c3c(n2)CCOC3)cn1. The van der Waals surface area contributed by atoms with Crippen LogP contribution in [0.2, 0.25) is 5.15 Å². The minimum atomic E-state index is 0.489. The fraction of sp³-hybridized carbons (Fsp3) is 0.462. The molecule has 0 aromatic carbocycles. The van der Waals surface area contributed by atoms with Crippen LogP contribution in [0.4, 0.5) is 0 Å². The van der Waals surface area contributed by atoms with Crippen molar-refractivity contribution in [2.24, 2.45) is 0 Å². The molecule has 0 saturated heterocycles. The number of aromatic nitrogens is 4. The number of aryl methyl sites for hydroxylation is 1. The second kappa shape index (κ2) is 5.27. The second-order valence-electron chi connectivity index (χ2n) is 4.56. The first kappa shape index (κ1) is 12.6. The van der Waals surface area contributed by atoms with Crippen molar-refractivity contribution in [1.29, 1.82) is 0 Å². The van der Waals surface area contributed by atoms with Crippen LogP contribution in [-0.2, 0) is 24.3 Å². The minimum absolute atomic E-state index is 0.489. The summed E-state index contributed by atoms with van der Waals surface area (Å²) in [5, 5.41) is 4.78. The molecule has 2 aromatic rings. The molecular weight excluding hydrogens is 264 g/mol. The number of rotatable bonds is 3. The van der Waals surface area contributed by atoms with Gasteiger partial charge in [-0.1, -0.05) is 18.5 Å². The lowest BCUT2D eigenvalue weighted by Crippen LogP contribution is -2.14. The molecule has 2 aromatic heterocycles. The highest BCUT2D eigenvalue weighted by Crippen LogP contribution is 2.25. The van der Waals surface area contributed by atoms with Gasteiger partial charge >= 0.3 is 0 Å². The second-order valence-corrected chi connectivity index (χ2v) is 4.92. The van der Waals surface area contributed by atoms with E-state index in [1.54, 1.807) is 6.20 Å². The molecule has 1 aliphatic heterocycles. The van der Waals surface area contributed by atoms with Crippen LogP contribution in [0.15, 0.2) is 12.4 Å². The van der Waals surface area contributed by atoms with Gasteiger partial charge in [-0.2, -0.15) is 5.10 Å². The molecule has 0 radical (unpaired) electrons. The summed E-state index contributed by atoms with van der Waals surface area (Å²) in [6, 6.07) is 0. The molecule has 0 saturated carbocycles. The van der Waals surface area contributed by atoms with Crippen molar-refractivity contribution in [3.8, 4) is 11.4 Å². The Labute approximate surface area is 116 Å². The van der Waals surface area contributed by atoms with Crippen molar-refractivity contribution in [3.63, 3.8) is 0 Å². The van der Waals surface area contributed by atoms with Crippen LogP contribution < -0.4 is 0 Å². The summed E-state index contributed by atoms with van der Waals surface area (Å²) in [4.78, 5) is 8.94. The van der Waals surface area contributed by atoms with Crippen molar-refractivity contribution in [3.05, 3.63) is 28.8 Å². The van der Waals surface area contributed by atoms with Crippen LogP contribution in [0, 0.1) is 0 Å². The molecule has 0 amide bonds. The molecule has 100 valence electrons. The van der Waals surface area contributed by atoms with Crippen LogP contribution >= 0.6 is 11.6 Å². The zero-order valence-electron chi connectivity index (χ0n) is 10.8. The van der Waals surface area contributed by atoms with E-state index in [-0.39, 0.29) is 0 Å². The Kier molecular flexibility index (Phi) is 3.48. The topological polar surface area (TPSA) is 52.8 Å². The van der Waals surface area contributed by atoms with Crippen LogP contribution in [0.25, 0.3) is 11.4 Å². The van der Waals surface area contributed by atoms with Gasteiger partial charge in [0.05, 0.1) is 30.7 Å². The van der Waals surface area contributed by atoms with Crippen molar-refractivity contribution in [2.45, 2.75) is 32.9 Å². The van der Waals surface area contributed by atoms with Gasteiger partial charge in [0.15, 0.2) is 5.82 Å². The van der Waals surface area contributed by atoms with Gasteiger partial charge in [0.25, 0.3) is 0 Å². The molecule has 0 spiro atoms. The average molecular weight is 279 g/mol. The number of fused-ring (bicyclic) bond motifs is 1. The van der Waals surface area contributed by atoms with Gasteiger partial charge < -0.3 is 4.74 Å². The first-order chi connectivity index (χ1) is 9.28. The van der Waals surface area contributed by atoms with Gasteiger partial charge in [0.1, 0.15) is 5.15 Å². The lowest BCUT2D eigenvalue weighted by atomic mass is 10.1. The average Bonchev–Trinajstić information content (AvgIpc) is 2.88.